The second kappa shape index (κ2) is 14.0. The Bertz CT molecular complexity index is 3330. The van der Waals surface area contributed by atoms with Gasteiger partial charge in [0.1, 0.15) is 11.2 Å². The predicted molar refractivity (Wildman–Crippen MR) is 244 cm³/mol. The van der Waals surface area contributed by atoms with Gasteiger partial charge in [0.2, 0.25) is 0 Å². The molecule has 0 saturated carbocycles. The zero-order valence-electron chi connectivity index (χ0n) is 31.8. The van der Waals surface area contributed by atoms with Gasteiger partial charge < -0.3 is 9.13 Å². The fourth-order valence-electron chi connectivity index (χ4n) is 8.37. The molecule has 1 aliphatic carbocycles. The number of nitrogens with zero attached hydrogens (tertiary/aromatic N) is 4. The first-order valence-electron chi connectivity index (χ1n) is 19.6. The predicted octanol–water partition coefficient (Wildman–Crippen LogP) is 12.5. The monoisotopic (exact) mass is 754 g/mol. The van der Waals surface area contributed by atoms with E-state index in [0.29, 0.717) is 11.4 Å². The summed E-state index contributed by atoms with van der Waals surface area (Å²) in [5.41, 5.74) is 17.3. The molecule has 0 unspecified atom stereocenters. The Morgan fingerprint density at radius 3 is 1.98 bits per heavy atom. The summed E-state index contributed by atoms with van der Waals surface area (Å²) in [5, 5.41) is 19.0. The number of hydrogen-bond acceptors (Lipinski definition) is 4. The van der Waals surface area contributed by atoms with E-state index in [1.165, 1.54) is 5.39 Å². The molecule has 0 amide bonds. The molecule has 0 aliphatic heterocycles. The lowest BCUT2D eigenvalue weighted by Gasteiger charge is -2.18. The zero-order chi connectivity index (χ0) is 39.3. The third kappa shape index (κ3) is 5.89. The smallest absolute Gasteiger partial charge is 0.109 e. The van der Waals surface area contributed by atoms with Crippen molar-refractivity contribution in [2.75, 3.05) is 5.43 Å². The summed E-state index contributed by atoms with van der Waals surface area (Å²) in [6.07, 6.45) is 7.79. The van der Waals surface area contributed by atoms with Gasteiger partial charge >= 0.3 is 0 Å². The Balaban J connectivity index is 1.05. The number of pyridine rings is 1. The molecule has 0 fully saturated rings. The number of nitrogens with one attached hydrogen (secondary N) is 2. The molecule has 2 N–H and O–H groups in total. The highest BCUT2D eigenvalue weighted by Gasteiger charge is 2.23. The third-order valence-corrected chi connectivity index (χ3v) is 11.2. The van der Waals surface area contributed by atoms with Gasteiger partial charge in [0.05, 0.1) is 27.9 Å². The van der Waals surface area contributed by atoms with Crippen LogP contribution in [0.5, 0.6) is 0 Å². The van der Waals surface area contributed by atoms with Gasteiger partial charge in [-0.15, -0.1) is 0 Å². The molecule has 276 valence electrons. The molecule has 1 aliphatic rings. The number of hydrogen-bond donors (Lipinski definition) is 2. The number of para-hydroxylation sites is 3. The average molecular weight is 755 g/mol. The van der Waals surface area contributed by atoms with Gasteiger partial charge in [-0.3, -0.25) is 15.8 Å². The number of anilines is 1. The molecule has 59 heavy (non-hydrogen) atoms. The average Bonchev–Trinajstić information content (AvgIpc) is 3.82. The number of aromatic nitrogens is 3. The molecule has 0 spiro atoms. The van der Waals surface area contributed by atoms with Crippen molar-refractivity contribution in [3.8, 4) is 22.5 Å². The third-order valence-electron chi connectivity index (χ3n) is 11.2. The van der Waals surface area contributed by atoms with E-state index in [4.69, 9.17) is 5.10 Å². The highest BCUT2D eigenvalue weighted by molar-refractivity contribution is 6.62. The number of allylic oxidation sites excluding steroid dienone is 4. The number of fused-ring (bicyclic) bond motifs is 6. The number of benzene rings is 6. The van der Waals surface area contributed by atoms with Crippen molar-refractivity contribution in [3.63, 3.8) is 0 Å². The Labute approximate surface area is 340 Å². The molecule has 3 heterocycles. The first kappa shape index (κ1) is 34.0. The minimum Gasteiger partial charge on any atom is -0.309 e. The van der Waals surface area contributed by atoms with Gasteiger partial charge in [0.25, 0.3) is 0 Å². The maximum Gasteiger partial charge on any atom is 0.109 e. The Kier molecular flexibility index (Phi) is 8.09. The molecule has 10 aromatic rings. The number of hydrazone groups is 1. The van der Waals surface area contributed by atoms with Crippen LogP contribution in [-0.4, -0.2) is 25.5 Å². The van der Waals surface area contributed by atoms with E-state index < -0.39 is 0 Å². The van der Waals surface area contributed by atoms with E-state index >= 15 is 0 Å². The highest BCUT2D eigenvalue weighted by Crippen LogP contribution is 2.38. The van der Waals surface area contributed by atoms with Crippen LogP contribution >= 0.6 is 0 Å². The van der Waals surface area contributed by atoms with Crippen LogP contribution in [-0.2, 0) is 0 Å². The molecular formula is C53H34N6. The summed E-state index contributed by atoms with van der Waals surface area (Å²) in [4.78, 5) is 4.27. The van der Waals surface area contributed by atoms with Crippen molar-refractivity contribution < 1.29 is 0 Å². The fourth-order valence-corrected chi connectivity index (χ4v) is 8.37. The van der Waals surface area contributed by atoms with E-state index in [2.05, 4.69) is 165 Å². The second-order valence-electron chi connectivity index (χ2n) is 14.6. The van der Waals surface area contributed by atoms with Crippen LogP contribution in [0.1, 0.15) is 11.1 Å². The van der Waals surface area contributed by atoms with Crippen molar-refractivity contribution >= 4 is 71.9 Å². The van der Waals surface area contributed by atoms with Crippen LogP contribution in [0.3, 0.4) is 0 Å². The Morgan fingerprint density at radius 1 is 0.542 bits per heavy atom. The molecule has 3 aromatic heterocycles. The molecule has 0 radical (unpaired) electrons. The fraction of sp³-hybridized carbons (Fsp3) is 0. The van der Waals surface area contributed by atoms with E-state index in [0.717, 1.165) is 88.7 Å². The maximum atomic E-state index is 9.64. The lowest BCUT2D eigenvalue weighted by atomic mass is 9.87. The summed E-state index contributed by atoms with van der Waals surface area (Å²) in [7, 11) is 0. The van der Waals surface area contributed by atoms with Crippen LogP contribution in [0.2, 0.25) is 0 Å². The maximum absolute atomic E-state index is 9.64. The molecular weight excluding hydrogens is 721 g/mol. The normalized spacial score (nSPS) is 13.6. The summed E-state index contributed by atoms with van der Waals surface area (Å²) >= 11 is 0. The van der Waals surface area contributed by atoms with E-state index in [1.54, 1.807) is 6.20 Å². The van der Waals surface area contributed by atoms with Gasteiger partial charge in [-0.05, 0) is 131 Å². The van der Waals surface area contributed by atoms with Gasteiger partial charge in [0.15, 0.2) is 0 Å². The lowest BCUT2D eigenvalue weighted by molar-refractivity contribution is 1.18. The second-order valence-corrected chi connectivity index (χ2v) is 14.6. The highest BCUT2D eigenvalue weighted by atomic mass is 15.3. The Hall–Kier alpha value is -8.27. The molecule has 0 atom stereocenters. The van der Waals surface area contributed by atoms with E-state index in [9.17, 15) is 5.41 Å². The van der Waals surface area contributed by atoms with Crippen molar-refractivity contribution in [1.82, 2.24) is 14.1 Å². The van der Waals surface area contributed by atoms with Crippen LogP contribution in [0.25, 0.3) is 77.3 Å². The van der Waals surface area contributed by atoms with Gasteiger partial charge in [-0.2, -0.15) is 5.10 Å². The molecule has 11 rings (SSSR count). The van der Waals surface area contributed by atoms with Gasteiger partial charge in [0, 0.05) is 50.9 Å². The van der Waals surface area contributed by atoms with Gasteiger partial charge in [-0.1, -0.05) is 91.0 Å². The first-order valence-corrected chi connectivity index (χ1v) is 19.6. The largest absolute Gasteiger partial charge is 0.309 e. The van der Waals surface area contributed by atoms with Crippen LogP contribution in [0, 0.1) is 17.5 Å². The Morgan fingerprint density at radius 2 is 1.20 bits per heavy atom. The summed E-state index contributed by atoms with van der Waals surface area (Å²) in [5.74, 6) is 0. The summed E-state index contributed by atoms with van der Waals surface area (Å²) in [6.45, 7) is 0. The molecule has 7 aromatic carbocycles. The summed E-state index contributed by atoms with van der Waals surface area (Å²) < 4.78 is 4.56. The lowest BCUT2D eigenvalue weighted by Crippen LogP contribution is -2.18. The number of rotatable bonds is 7. The van der Waals surface area contributed by atoms with Crippen LogP contribution < -0.4 is 5.43 Å². The molecule has 0 bridgehead atoms. The van der Waals surface area contributed by atoms with Crippen molar-refractivity contribution in [1.29, 1.82) is 5.41 Å². The first-order chi connectivity index (χ1) is 29.2. The van der Waals surface area contributed by atoms with Gasteiger partial charge in [-0.25, -0.2) is 0 Å². The topological polar surface area (TPSA) is 71.0 Å². The van der Waals surface area contributed by atoms with Crippen molar-refractivity contribution in [3.05, 3.63) is 218 Å². The van der Waals surface area contributed by atoms with Crippen molar-refractivity contribution in [2.45, 2.75) is 0 Å². The molecule has 6 heteroatoms. The molecule has 6 nitrogen and oxygen atoms in total. The summed E-state index contributed by atoms with van der Waals surface area (Å²) in [6, 6.07) is 65.2. The van der Waals surface area contributed by atoms with E-state index in [-0.39, 0.29) is 0 Å². The quantitative estimate of drug-likeness (QED) is 0.126. The minimum absolute atomic E-state index is 0.334. The SMILES string of the molecule is N=C1C(c2ccc3c(c2)c2ccc#cc2n3-c2ccccc2)=CC(c2ccc3c(c2)c2ccccc2n3-c2ccccc2)=C/C1=N/Nc1ccc(-c2cccnc2)cc1. The standard InChI is InChI=1S/C53H34N6/c54-53-45(37-24-28-52-47(31-37)44-18-8-10-20-50(44)59(52)42-15-5-2-6-16-42)32-39(33-48(53)57-56-40-25-21-35(22-26-40)38-12-11-29-55-34-38)36-23-27-51-46(30-36)43-17-7-9-19-49(43)58(51)41-13-3-1-4-14-41/h1-9,11-19,21-34,54,56H/b54-53?,57-48-. The van der Waals surface area contributed by atoms with Crippen LogP contribution in [0.15, 0.2) is 200 Å². The zero-order valence-corrected chi connectivity index (χ0v) is 31.8. The van der Waals surface area contributed by atoms with Crippen molar-refractivity contribution in [2.24, 2.45) is 5.10 Å². The van der Waals surface area contributed by atoms with Crippen LogP contribution in [0.4, 0.5) is 5.69 Å². The minimum atomic E-state index is 0.334. The van der Waals surface area contributed by atoms with E-state index in [1.807, 2.05) is 54.7 Å². The molecule has 0 saturated heterocycles.